The minimum Gasteiger partial charge on any atom is -0.544 e. The van der Waals surface area contributed by atoms with Gasteiger partial charge in [0.2, 0.25) is 5.91 Å². The summed E-state index contributed by atoms with van der Waals surface area (Å²) in [6.45, 7) is 8.11. The Morgan fingerprint density at radius 3 is 1.88 bits per heavy atom. The van der Waals surface area contributed by atoms with Crippen LogP contribution in [0.4, 0.5) is 0 Å². The first kappa shape index (κ1) is 23.6. The SMILES string of the molecule is C=CC(=O)N(CC)CCCCCCCCCCC[N+](C)(C)CC(=O)[O-]. The van der Waals surface area contributed by atoms with E-state index in [1.54, 1.807) is 0 Å². The van der Waals surface area contributed by atoms with Gasteiger partial charge < -0.3 is 19.3 Å². The molecule has 0 aliphatic carbocycles. The van der Waals surface area contributed by atoms with Crippen molar-refractivity contribution in [1.82, 2.24) is 4.90 Å². The Kier molecular flexibility index (Phi) is 13.1. The van der Waals surface area contributed by atoms with Crippen LogP contribution in [-0.2, 0) is 9.59 Å². The van der Waals surface area contributed by atoms with Gasteiger partial charge in [-0.05, 0) is 32.3 Å². The van der Waals surface area contributed by atoms with E-state index in [0.29, 0.717) is 4.48 Å². The Hall–Kier alpha value is -1.36. The van der Waals surface area contributed by atoms with Crippen molar-refractivity contribution in [2.45, 2.75) is 64.7 Å². The first-order chi connectivity index (χ1) is 11.8. The highest BCUT2D eigenvalue weighted by Gasteiger charge is 2.14. The van der Waals surface area contributed by atoms with Crippen molar-refractivity contribution in [2.75, 3.05) is 40.3 Å². The molecule has 0 aliphatic heterocycles. The lowest BCUT2D eigenvalue weighted by atomic mass is 10.1. The minimum absolute atomic E-state index is 0.0314. The molecular weight excluding hydrogens is 316 g/mol. The number of amides is 1. The molecule has 0 aromatic rings. The zero-order valence-electron chi connectivity index (χ0n) is 16.6. The summed E-state index contributed by atoms with van der Waals surface area (Å²) in [6, 6.07) is 0. The van der Waals surface area contributed by atoms with Crippen molar-refractivity contribution in [3.63, 3.8) is 0 Å². The van der Waals surface area contributed by atoms with Crippen LogP contribution in [0.2, 0.25) is 0 Å². The van der Waals surface area contributed by atoms with Gasteiger partial charge in [0.05, 0.1) is 26.6 Å². The third-order valence-corrected chi connectivity index (χ3v) is 4.62. The van der Waals surface area contributed by atoms with Crippen LogP contribution < -0.4 is 5.11 Å². The van der Waals surface area contributed by atoms with Gasteiger partial charge in [-0.15, -0.1) is 0 Å². The summed E-state index contributed by atoms with van der Waals surface area (Å²) in [6.07, 6.45) is 12.1. The van der Waals surface area contributed by atoms with Gasteiger partial charge in [0.25, 0.3) is 0 Å². The quantitative estimate of drug-likeness (QED) is 0.243. The molecule has 0 unspecified atom stereocenters. The zero-order valence-corrected chi connectivity index (χ0v) is 16.6. The molecule has 25 heavy (non-hydrogen) atoms. The van der Waals surface area contributed by atoms with E-state index in [2.05, 4.69) is 6.58 Å². The highest BCUT2D eigenvalue weighted by molar-refractivity contribution is 5.86. The number of rotatable bonds is 16. The molecule has 146 valence electrons. The predicted molar refractivity (Wildman–Crippen MR) is 101 cm³/mol. The summed E-state index contributed by atoms with van der Waals surface area (Å²) >= 11 is 0. The summed E-state index contributed by atoms with van der Waals surface area (Å²) in [4.78, 5) is 24.0. The van der Waals surface area contributed by atoms with E-state index in [1.807, 2.05) is 25.9 Å². The molecule has 0 aromatic carbocycles. The van der Waals surface area contributed by atoms with Crippen LogP contribution in [0.25, 0.3) is 0 Å². The van der Waals surface area contributed by atoms with E-state index in [0.717, 1.165) is 32.5 Å². The topological polar surface area (TPSA) is 60.4 Å². The van der Waals surface area contributed by atoms with Gasteiger partial charge in [0.1, 0.15) is 6.54 Å². The Bertz CT molecular complexity index is 394. The molecule has 1 amide bonds. The Balaban J connectivity index is 3.46. The molecule has 0 atom stereocenters. The Labute approximate surface area is 154 Å². The molecule has 0 bridgehead atoms. The van der Waals surface area contributed by atoms with Crippen LogP contribution >= 0.6 is 0 Å². The van der Waals surface area contributed by atoms with Crippen LogP contribution in [0, 0.1) is 0 Å². The van der Waals surface area contributed by atoms with E-state index in [1.165, 1.54) is 51.0 Å². The van der Waals surface area contributed by atoms with Crippen LogP contribution in [0.3, 0.4) is 0 Å². The fourth-order valence-corrected chi connectivity index (χ4v) is 3.06. The van der Waals surface area contributed by atoms with E-state index >= 15 is 0 Å². The normalized spacial score (nSPS) is 11.3. The number of hydrogen-bond acceptors (Lipinski definition) is 3. The lowest BCUT2D eigenvalue weighted by Crippen LogP contribution is -2.48. The summed E-state index contributed by atoms with van der Waals surface area (Å²) in [5.74, 6) is -0.940. The van der Waals surface area contributed by atoms with Gasteiger partial charge in [-0.1, -0.05) is 45.1 Å². The van der Waals surface area contributed by atoms with Gasteiger partial charge >= 0.3 is 0 Å². The van der Waals surface area contributed by atoms with Crippen LogP contribution in [0.1, 0.15) is 64.7 Å². The monoisotopic (exact) mass is 354 g/mol. The molecule has 0 heterocycles. The zero-order chi connectivity index (χ0) is 19.1. The molecule has 0 rings (SSSR count). The van der Waals surface area contributed by atoms with Crippen LogP contribution in [0.5, 0.6) is 0 Å². The molecule has 5 heteroatoms. The number of carbonyl (C=O) groups is 2. The number of hydrogen-bond donors (Lipinski definition) is 0. The number of quaternary nitrogens is 1. The average Bonchev–Trinajstić information content (AvgIpc) is 2.54. The van der Waals surface area contributed by atoms with Crippen molar-refractivity contribution in [3.8, 4) is 0 Å². The smallest absolute Gasteiger partial charge is 0.245 e. The lowest BCUT2D eigenvalue weighted by molar-refractivity contribution is -0.885. The second-order valence-electron chi connectivity index (χ2n) is 7.49. The third kappa shape index (κ3) is 13.6. The maximum atomic E-state index is 11.5. The largest absolute Gasteiger partial charge is 0.544 e. The molecule has 0 saturated carbocycles. The summed E-state index contributed by atoms with van der Waals surface area (Å²) < 4.78 is 0.505. The molecule has 0 fully saturated rings. The number of carboxylic acids is 1. The number of likely N-dealkylation sites (N-methyl/N-ethyl adjacent to an activating group) is 2. The highest BCUT2D eigenvalue weighted by atomic mass is 16.4. The van der Waals surface area contributed by atoms with Gasteiger partial charge in [0, 0.05) is 13.1 Å². The number of carbonyl (C=O) groups excluding carboxylic acids is 2. The standard InChI is InChI=1S/C20H38N2O3/c1-5-19(23)21(6-2)16-14-12-10-8-7-9-11-13-15-17-22(3,4)18-20(24)25/h5H,1,6-18H2,2-4H3. The van der Waals surface area contributed by atoms with Crippen molar-refractivity contribution in [3.05, 3.63) is 12.7 Å². The van der Waals surface area contributed by atoms with Crippen molar-refractivity contribution < 1.29 is 19.2 Å². The van der Waals surface area contributed by atoms with Crippen molar-refractivity contribution >= 4 is 11.9 Å². The van der Waals surface area contributed by atoms with Gasteiger partial charge in [-0.25, -0.2) is 0 Å². The van der Waals surface area contributed by atoms with Crippen LogP contribution in [0.15, 0.2) is 12.7 Å². The predicted octanol–water partition coefficient (Wildman–Crippen LogP) is 2.36. The minimum atomic E-state index is -0.971. The Morgan fingerprint density at radius 1 is 0.960 bits per heavy atom. The number of unbranched alkanes of at least 4 members (excludes halogenated alkanes) is 8. The molecule has 0 saturated heterocycles. The first-order valence-electron chi connectivity index (χ1n) is 9.75. The number of aliphatic carboxylic acids is 1. The molecule has 0 aliphatic rings. The second-order valence-corrected chi connectivity index (χ2v) is 7.49. The maximum Gasteiger partial charge on any atom is 0.245 e. The van der Waals surface area contributed by atoms with Gasteiger partial charge in [0.15, 0.2) is 0 Å². The number of carboxylic acid groups (broad SMARTS) is 1. The van der Waals surface area contributed by atoms with Crippen molar-refractivity contribution in [1.29, 1.82) is 0 Å². The van der Waals surface area contributed by atoms with E-state index in [4.69, 9.17) is 0 Å². The fourth-order valence-electron chi connectivity index (χ4n) is 3.06. The second kappa shape index (κ2) is 13.9. The summed E-state index contributed by atoms with van der Waals surface area (Å²) in [5.41, 5.74) is 0. The molecule has 5 nitrogen and oxygen atoms in total. The number of nitrogens with zero attached hydrogens (tertiary/aromatic N) is 2. The molecule has 0 N–H and O–H groups in total. The van der Waals surface area contributed by atoms with Crippen LogP contribution in [-0.4, -0.2) is 61.5 Å². The summed E-state index contributed by atoms with van der Waals surface area (Å²) in [7, 11) is 3.89. The summed E-state index contributed by atoms with van der Waals surface area (Å²) in [5, 5.41) is 10.6. The molecule has 0 spiro atoms. The first-order valence-corrected chi connectivity index (χ1v) is 9.75. The van der Waals surface area contributed by atoms with Gasteiger partial charge in [-0.3, -0.25) is 4.79 Å². The highest BCUT2D eigenvalue weighted by Crippen LogP contribution is 2.11. The molecular formula is C20H38N2O3. The Morgan fingerprint density at radius 2 is 1.44 bits per heavy atom. The van der Waals surface area contributed by atoms with E-state index in [9.17, 15) is 14.7 Å². The molecule has 0 aromatic heterocycles. The van der Waals surface area contributed by atoms with E-state index in [-0.39, 0.29) is 12.5 Å². The van der Waals surface area contributed by atoms with Gasteiger partial charge in [-0.2, -0.15) is 0 Å². The third-order valence-electron chi connectivity index (χ3n) is 4.62. The van der Waals surface area contributed by atoms with E-state index < -0.39 is 5.97 Å². The van der Waals surface area contributed by atoms with Crippen molar-refractivity contribution in [2.24, 2.45) is 0 Å². The molecule has 0 radical (unpaired) electrons. The maximum absolute atomic E-state index is 11.5. The average molecular weight is 355 g/mol. The fraction of sp³-hybridized carbons (Fsp3) is 0.800. The lowest BCUT2D eigenvalue weighted by Gasteiger charge is -2.30.